The maximum absolute atomic E-state index is 9.73. The molecule has 1 N–H and O–H groups in total. The minimum atomic E-state index is 0.150. The van der Waals surface area contributed by atoms with E-state index < -0.39 is 0 Å². The molecule has 3 nitrogen and oxygen atoms in total. The Hall–Kier alpha value is -0.120. The SMILES string of the molecule is CCOCCN(C)CC1(CO)CCCCCC1. The lowest BCUT2D eigenvalue weighted by atomic mass is 9.80. The van der Waals surface area contributed by atoms with Crippen molar-refractivity contribution in [2.75, 3.05) is 40.0 Å². The fourth-order valence-corrected chi connectivity index (χ4v) is 2.86. The van der Waals surface area contributed by atoms with E-state index in [0.717, 1.165) is 26.3 Å². The molecule has 0 unspecified atom stereocenters. The van der Waals surface area contributed by atoms with E-state index in [-0.39, 0.29) is 5.41 Å². The van der Waals surface area contributed by atoms with Crippen molar-refractivity contribution < 1.29 is 9.84 Å². The van der Waals surface area contributed by atoms with E-state index in [9.17, 15) is 5.11 Å². The Labute approximate surface area is 106 Å². The zero-order valence-corrected chi connectivity index (χ0v) is 11.6. The van der Waals surface area contributed by atoms with E-state index in [1.54, 1.807) is 0 Å². The maximum atomic E-state index is 9.73. The Balaban J connectivity index is 2.37. The molecule has 1 aliphatic rings. The quantitative estimate of drug-likeness (QED) is 0.550. The molecule has 1 saturated carbocycles. The molecule has 0 spiro atoms. The van der Waals surface area contributed by atoms with Crippen LogP contribution in [-0.4, -0.2) is 50.0 Å². The summed E-state index contributed by atoms with van der Waals surface area (Å²) in [6, 6.07) is 0. The van der Waals surface area contributed by atoms with Gasteiger partial charge in [0.15, 0.2) is 0 Å². The lowest BCUT2D eigenvalue weighted by molar-refractivity contribution is 0.0530. The monoisotopic (exact) mass is 243 g/mol. The fourth-order valence-electron chi connectivity index (χ4n) is 2.86. The molecule has 1 rings (SSSR count). The number of aliphatic hydroxyl groups excluding tert-OH is 1. The van der Waals surface area contributed by atoms with E-state index in [1.807, 2.05) is 6.92 Å². The van der Waals surface area contributed by atoms with Gasteiger partial charge in [0, 0.05) is 31.7 Å². The largest absolute Gasteiger partial charge is 0.396 e. The summed E-state index contributed by atoms with van der Waals surface area (Å²) < 4.78 is 5.38. The van der Waals surface area contributed by atoms with Crippen LogP contribution in [0.3, 0.4) is 0 Å². The molecule has 3 heteroatoms. The van der Waals surface area contributed by atoms with Crippen molar-refractivity contribution in [1.82, 2.24) is 4.90 Å². The first kappa shape index (κ1) is 14.9. The number of rotatable bonds is 7. The molecule has 0 aromatic carbocycles. The van der Waals surface area contributed by atoms with Crippen molar-refractivity contribution >= 4 is 0 Å². The second-order valence-electron chi connectivity index (χ2n) is 5.51. The van der Waals surface area contributed by atoms with Crippen LogP contribution in [0, 0.1) is 5.41 Å². The summed E-state index contributed by atoms with van der Waals surface area (Å²) in [7, 11) is 2.14. The normalized spacial score (nSPS) is 20.5. The van der Waals surface area contributed by atoms with Crippen molar-refractivity contribution in [2.45, 2.75) is 45.4 Å². The van der Waals surface area contributed by atoms with Crippen LogP contribution >= 0.6 is 0 Å². The smallest absolute Gasteiger partial charge is 0.0593 e. The maximum Gasteiger partial charge on any atom is 0.0593 e. The van der Waals surface area contributed by atoms with Crippen LogP contribution in [-0.2, 0) is 4.74 Å². The summed E-state index contributed by atoms with van der Waals surface area (Å²) in [5.74, 6) is 0. The molecule has 0 saturated heterocycles. The topological polar surface area (TPSA) is 32.7 Å². The van der Waals surface area contributed by atoms with Gasteiger partial charge in [0.25, 0.3) is 0 Å². The average molecular weight is 243 g/mol. The summed E-state index contributed by atoms with van der Waals surface area (Å²) in [6.45, 7) is 5.94. The van der Waals surface area contributed by atoms with Crippen LogP contribution in [0.1, 0.15) is 45.4 Å². The summed E-state index contributed by atoms with van der Waals surface area (Å²) in [5, 5.41) is 9.73. The zero-order valence-electron chi connectivity index (χ0n) is 11.6. The summed E-state index contributed by atoms with van der Waals surface area (Å²) in [6.07, 6.45) is 7.60. The van der Waals surface area contributed by atoms with Gasteiger partial charge >= 0.3 is 0 Å². The van der Waals surface area contributed by atoms with Crippen molar-refractivity contribution in [3.63, 3.8) is 0 Å². The van der Waals surface area contributed by atoms with Crippen LogP contribution in [0.15, 0.2) is 0 Å². The lowest BCUT2D eigenvalue weighted by Gasteiger charge is -2.35. The Morgan fingerprint density at radius 1 is 1.18 bits per heavy atom. The number of aliphatic hydroxyl groups is 1. The van der Waals surface area contributed by atoms with Gasteiger partial charge < -0.3 is 14.7 Å². The third-order valence-corrected chi connectivity index (χ3v) is 3.93. The van der Waals surface area contributed by atoms with Crippen LogP contribution in [0.25, 0.3) is 0 Å². The number of hydrogen-bond donors (Lipinski definition) is 1. The molecule has 1 fully saturated rings. The summed E-state index contributed by atoms with van der Waals surface area (Å²) >= 11 is 0. The minimum Gasteiger partial charge on any atom is -0.396 e. The van der Waals surface area contributed by atoms with Gasteiger partial charge in [-0.3, -0.25) is 0 Å². The third kappa shape index (κ3) is 5.36. The molecular weight excluding hydrogens is 214 g/mol. The van der Waals surface area contributed by atoms with Crippen LogP contribution in [0.5, 0.6) is 0 Å². The van der Waals surface area contributed by atoms with E-state index in [2.05, 4.69) is 11.9 Å². The predicted molar refractivity (Wildman–Crippen MR) is 71.2 cm³/mol. The van der Waals surface area contributed by atoms with Crippen molar-refractivity contribution in [3.8, 4) is 0 Å². The highest BCUT2D eigenvalue weighted by atomic mass is 16.5. The van der Waals surface area contributed by atoms with Gasteiger partial charge in [0.2, 0.25) is 0 Å². The fraction of sp³-hybridized carbons (Fsp3) is 1.00. The van der Waals surface area contributed by atoms with Gasteiger partial charge in [0.05, 0.1) is 6.61 Å². The summed E-state index contributed by atoms with van der Waals surface area (Å²) in [5.41, 5.74) is 0.150. The highest BCUT2D eigenvalue weighted by Gasteiger charge is 2.31. The molecule has 102 valence electrons. The standard InChI is InChI=1S/C14H29NO2/c1-3-17-11-10-15(2)12-14(13-16)8-6-4-5-7-9-14/h16H,3-13H2,1-2H3. The van der Waals surface area contributed by atoms with E-state index in [1.165, 1.54) is 38.5 Å². The van der Waals surface area contributed by atoms with Crippen molar-refractivity contribution in [2.24, 2.45) is 5.41 Å². The first-order valence-corrected chi connectivity index (χ1v) is 7.09. The van der Waals surface area contributed by atoms with Crippen LogP contribution < -0.4 is 0 Å². The number of hydrogen-bond acceptors (Lipinski definition) is 3. The number of ether oxygens (including phenoxy) is 1. The molecule has 0 bridgehead atoms. The second kappa shape index (κ2) is 8.06. The van der Waals surface area contributed by atoms with Crippen LogP contribution in [0.4, 0.5) is 0 Å². The zero-order chi connectivity index (χ0) is 12.6. The molecule has 0 heterocycles. The average Bonchev–Trinajstić information content (AvgIpc) is 2.56. The van der Waals surface area contributed by atoms with Crippen LogP contribution in [0.2, 0.25) is 0 Å². The number of nitrogens with zero attached hydrogens (tertiary/aromatic N) is 1. The van der Waals surface area contributed by atoms with Gasteiger partial charge in [-0.05, 0) is 26.8 Å². The molecular formula is C14H29NO2. The van der Waals surface area contributed by atoms with E-state index in [4.69, 9.17) is 4.74 Å². The lowest BCUT2D eigenvalue weighted by Crippen LogP contribution is -2.39. The van der Waals surface area contributed by atoms with Gasteiger partial charge in [-0.15, -0.1) is 0 Å². The molecule has 0 aromatic heterocycles. The Kier molecular flexibility index (Phi) is 7.09. The van der Waals surface area contributed by atoms with E-state index >= 15 is 0 Å². The summed E-state index contributed by atoms with van der Waals surface area (Å²) in [4.78, 5) is 2.32. The Morgan fingerprint density at radius 3 is 2.35 bits per heavy atom. The minimum absolute atomic E-state index is 0.150. The van der Waals surface area contributed by atoms with E-state index in [0.29, 0.717) is 6.61 Å². The first-order valence-electron chi connectivity index (χ1n) is 7.09. The Morgan fingerprint density at radius 2 is 1.82 bits per heavy atom. The highest BCUT2D eigenvalue weighted by molar-refractivity contribution is 4.83. The first-order chi connectivity index (χ1) is 8.22. The molecule has 0 atom stereocenters. The molecule has 0 amide bonds. The molecule has 17 heavy (non-hydrogen) atoms. The molecule has 0 aromatic rings. The third-order valence-electron chi connectivity index (χ3n) is 3.93. The van der Waals surface area contributed by atoms with Gasteiger partial charge in [0.1, 0.15) is 0 Å². The van der Waals surface area contributed by atoms with Crippen molar-refractivity contribution in [3.05, 3.63) is 0 Å². The van der Waals surface area contributed by atoms with Gasteiger partial charge in [-0.25, -0.2) is 0 Å². The van der Waals surface area contributed by atoms with Gasteiger partial charge in [-0.1, -0.05) is 25.7 Å². The molecule has 1 aliphatic carbocycles. The highest BCUT2D eigenvalue weighted by Crippen LogP contribution is 2.35. The Bertz CT molecular complexity index is 189. The van der Waals surface area contributed by atoms with Gasteiger partial charge in [-0.2, -0.15) is 0 Å². The molecule has 0 aliphatic heterocycles. The predicted octanol–water partition coefficient (Wildman–Crippen LogP) is 2.29. The van der Waals surface area contributed by atoms with Crippen molar-refractivity contribution in [1.29, 1.82) is 0 Å². The molecule has 0 radical (unpaired) electrons. The number of likely N-dealkylation sites (N-methyl/N-ethyl adjacent to an activating group) is 1. The second-order valence-corrected chi connectivity index (χ2v) is 5.51.